The number of nitrogens with zero attached hydrogens (tertiary/aromatic N) is 1. The molecule has 0 amide bonds. The molecule has 0 saturated heterocycles. The summed E-state index contributed by atoms with van der Waals surface area (Å²) < 4.78 is 11.7. The van der Waals surface area contributed by atoms with Crippen molar-refractivity contribution in [2.45, 2.75) is 39.2 Å². The topological polar surface area (TPSA) is 54.3 Å². The van der Waals surface area contributed by atoms with Gasteiger partial charge in [0.1, 0.15) is 11.5 Å². The Morgan fingerprint density at radius 3 is 2.76 bits per heavy atom. The van der Waals surface area contributed by atoms with Gasteiger partial charge >= 0.3 is 0 Å². The Morgan fingerprint density at radius 2 is 2.14 bits per heavy atom. The van der Waals surface area contributed by atoms with Crippen LogP contribution < -0.4 is 14.8 Å². The molecular formula is C17H24N2O2. The van der Waals surface area contributed by atoms with Crippen molar-refractivity contribution < 1.29 is 9.47 Å². The highest BCUT2D eigenvalue weighted by Gasteiger charge is 2.43. The molecule has 1 aliphatic carbocycles. The van der Waals surface area contributed by atoms with Crippen LogP contribution in [0.4, 0.5) is 0 Å². The summed E-state index contributed by atoms with van der Waals surface area (Å²) in [7, 11) is 1.92. The number of rotatable bonds is 9. The second kappa shape index (κ2) is 7.33. The minimum absolute atomic E-state index is 0.0892. The Bertz CT molecular complexity index is 504. The lowest BCUT2D eigenvalue weighted by atomic mass is 10.1. The second-order valence-electron chi connectivity index (χ2n) is 5.77. The molecule has 4 nitrogen and oxygen atoms in total. The van der Waals surface area contributed by atoms with E-state index in [1.54, 1.807) is 0 Å². The Labute approximate surface area is 127 Å². The van der Waals surface area contributed by atoms with Crippen LogP contribution in [0.2, 0.25) is 0 Å². The third kappa shape index (κ3) is 4.37. The Balaban J connectivity index is 2.05. The van der Waals surface area contributed by atoms with Crippen LogP contribution in [0.1, 0.15) is 38.2 Å². The van der Waals surface area contributed by atoms with Gasteiger partial charge in [-0.2, -0.15) is 5.26 Å². The van der Waals surface area contributed by atoms with Gasteiger partial charge in [-0.25, -0.2) is 0 Å². The molecule has 1 saturated carbocycles. The normalized spacial score (nSPS) is 15.3. The monoisotopic (exact) mass is 288 g/mol. The minimum atomic E-state index is 0.0892. The molecule has 1 aliphatic rings. The zero-order valence-corrected chi connectivity index (χ0v) is 12.9. The number of benzene rings is 1. The summed E-state index contributed by atoms with van der Waals surface area (Å²) in [4.78, 5) is 0. The molecule has 114 valence electrons. The molecule has 0 atom stereocenters. The number of hydrogen-bond donors (Lipinski definition) is 1. The van der Waals surface area contributed by atoms with Crippen LogP contribution in [0.3, 0.4) is 0 Å². The molecule has 0 aliphatic heterocycles. The lowest BCUT2D eigenvalue weighted by Crippen LogP contribution is -2.14. The highest BCUT2D eigenvalue weighted by Crippen LogP contribution is 2.48. The fourth-order valence-electron chi connectivity index (χ4n) is 2.26. The smallest absolute Gasteiger partial charge is 0.127 e. The van der Waals surface area contributed by atoms with Crippen LogP contribution in [0.5, 0.6) is 11.5 Å². The van der Waals surface area contributed by atoms with E-state index in [-0.39, 0.29) is 5.41 Å². The third-order valence-corrected chi connectivity index (χ3v) is 3.82. The zero-order valence-electron chi connectivity index (χ0n) is 12.9. The first-order valence-corrected chi connectivity index (χ1v) is 7.63. The van der Waals surface area contributed by atoms with Gasteiger partial charge in [0.2, 0.25) is 0 Å². The maximum atomic E-state index is 8.88. The number of nitrogens with one attached hydrogen (secondary N) is 1. The maximum Gasteiger partial charge on any atom is 0.127 e. The zero-order chi connectivity index (χ0) is 15.1. The Kier molecular flexibility index (Phi) is 5.46. The van der Waals surface area contributed by atoms with Crippen molar-refractivity contribution in [3.8, 4) is 17.6 Å². The lowest BCUT2D eigenvalue weighted by Gasteiger charge is -2.17. The van der Waals surface area contributed by atoms with Crippen molar-refractivity contribution in [3.63, 3.8) is 0 Å². The van der Waals surface area contributed by atoms with Crippen LogP contribution in [-0.4, -0.2) is 20.3 Å². The molecule has 1 aromatic rings. The van der Waals surface area contributed by atoms with Crippen molar-refractivity contribution in [1.29, 1.82) is 5.26 Å². The Hall–Kier alpha value is -1.73. The van der Waals surface area contributed by atoms with Crippen molar-refractivity contribution in [2.24, 2.45) is 5.41 Å². The van der Waals surface area contributed by atoms with Gasteiger partial charge in [-0.15, -0.1) is 0 Å². The van der Waals surface area contributed by atoms with Crippen LogP contribution in [0, 0.1) is 16.7 Å². The summed E-state index contributed by atoms with van der Waals surface area (Å²) in [6, 6.07) is 8.26. The summed E-state index contributed by atoms with van der Waals surface area (Å²) in [5, 5.41) is 12.0. The van der Waals surface area contributed by atoms with Crippen molar-refractivity contribution in [1.82, 2.24) is 5.32 Å². The van der Waals surface area contributed by atoms with E-state index in [9.17, 15) is 0 Å². The molecular weight excluding hydrogens is 264 g/mol. The van der Waals surface area contributed by atoms with Crippen LogP contribution in [-0.2, 0) is 6.54 Å². The van der Waals surface area contributed by atoms with Gasteiger partial charge in [-0.3, -0.25) is 0 Å². The van der Waals surface area contributed by atoms with Gasteiger partial charge in [0, 0.05) is 30.0 Å². The van der Waals surface area contributed by atoms with Crippen LogP contribution >= 0.6 is 0 Å². The predicted molar refractivity (Wildman–Crippen MR) is 82.4 cm³/mol. The van der Waals surface area contributed by atoms with E-state index in [1.807, 2.05) is 25.2 Å². The van der Waals surface area contributed by atoms with Crippen LogP contribution in [0.15, 0.2) is 18.2 Å². The van der Waals surface area contributed by atoms with E-state index >= 15 is 0 Å². The predicted octanol–water partition coefficient (Wildman–Crippen LogP) is 3.27. The SMILES string of the molecule is CCCOc1ccc(CNC)c(OCC2(CC#N)CC2)c1. The highest BCUT2D eigenvalue weighted by molar-refractivity contribution is 5.41. The first-order valence-electron chi connectivity index (χ1n) is 7.63. The quantitative estimate of drug-likeness (QED) is 0.757. The van der Waals surface area contributed by atoms with E-state index in [1.165, 1.54) is 0 Å². The molecule has 1 N–H and O–H groups in total. The molecule has 0 radical (unpaired) electrons. The van der Waals surface area contributed by atoms with E-state index < -0.39 is 0 Å². The third-order valence-electron chi connectivity index (χ3n) is 3.82. The summed E-state index contributed by atoms with van der Waals surface area (Å²) >= 11 is 0. The van der Waals surface area contributed by atoms with E-state index in [4.69, 9.17) is 14.7 Å². The first kappa shape index (κ1) is 15.7. The Morgan fingerprint density at radius 1 is 1.33 bits per heavy atom. The average Bonchev–Trinajstić information content (AvgIpc) is 3.25. The summed E-state index contributed by atoms with van der Waals surface area (Å²) in [6.07, 6.45) is 3.75. The maximum absolute atomic E-state index is 8.88. The van der Waals surface area contributed by atoms with Gasteiger partial charge < -0.3 is 14.8 Å². The average molecular weight is 288 g/mol. The van der Waals surface area contributed by atoms with Gasteiger partial charge in [0.15, 0.2) is 0 Å². The fourth-order valence-corrected chi connectivity index (χ4v) is 2.26. The summed E-state index contributed by atoms with van der Waals surface area (Å²) in [5.41, 5.74) is 1.21. The van der Waals surface area contributed by atoms with Gasteiger partial charge in [-0.05, 0) is 32.4 Å². The van der Waals surface area contributed by atoms with E-state index in [0.29, 0.717) is 19.6 Å². The molecule has 1 fully saturated rings. The first-order chi connectivity index (χ1) is 10.2. The van der Waals surface area contributed by atoms with Crippen molar-refractivity contribution in [3.05, 3.63) is 23.8 Å². The number of hydrogen-bond acceptors (Lipinski definition) is 4. The number of nitriles is 1. The molecule has 0 bridgehead atoms. The molecule has 0 heterocycles. The summed E-state index contributed by atoms with van der Waals surface area (Å²) in [5.74, 6) is 1.71. The van der Waals surface area contributed by atoms with Gasteiger partial charge in [-0.1, -0.05) is 13.0 Å². The standard InChI is InChI=1S/C17H24N2O2/c1-3-10-20-15-5-4-14(12-19-2)16(11-15)21-13-17(6-7-17)8-9-18/h4-5,11,19H,3,6-8,10,12-13H2,1-2H3. The van der Waals surface area contributed by atoms with E-state index in [2.05, 4.69) is 18.3 Å². The molecule has 4 heteroatoms. The molecule has 0 spiro atoms. The molecule has 1 aromatic carbocycles. The molecule has 21 heavy (non-hydrogen) atoms. The molecule has 0 unspecified atom stereocenters. The highest BCUT2D eigenvalue weighted by atomic mass is 16.5. The molecule has 2 rings (SSSR count). The largest absolute Gasteiger partial charge is 0.493 e. The van der Waals surface area contributed by atoms with Crippen molar-refractivity contribution in [2.75, 3.05) is 20.3 Å². The number of ether oxygens (including phenoxy) is 2. The van der Waals surface area contributed by atoms with Gasteiger partial charge in [0.05, 0.1) is 19.3 Å². The van der Waals surface area contributed by atoms with Crippen molar-refractivity contribution >= 4 is 0 Å². The summed E-state index contributed by atoms with van der Waals surface area (Å²) in [6.45, 7) is 4.18. The van der Waals surface area contributed by atoms with Crippen LogP contribution in [0.25, 0.3) is 0 Å². The van der Waals surface area contributed by atoms with E-state index in [0.717, 1.165) is 42.9 Å². The molecule has 0 aromatic heterocycles. The minimum Gasteiger partial charge on any atom is -0.493 e. The fraction of sp³-hybridized carbons (Fsp3) is 0.588. The second-order valence-corrected chi connectivity index (χ2v) is 5.77. The van der Waals surface area contributed by atoms with Gasteiger partial charge in [0.25, 0.3) is 0 Å². The lowest BCUT2D eigenvalue weighted by molar-refractivity contribution is 0.232.